The number of halogens is 1. The van der Waals surface area contributed by atoms with Crippen LogP contribution in [-0.4, -0.2) is 17.3 Å². The summed E-state index contributed by atoms with van der Waals surface area (Å²) in [7, 11) is 0. The molecular formula is C11H18ClNO2. The monoisotopic (exact) mass is 231 g/mol. The lowest BCUT2D eigenvalue weighted by Crippen LogP contribution is -2.51. The number of hydrogen-bond donors (Lipinski definition) is 2. The van der Waals surface area contributed by atoms with Crippen molar-refractivity contribution in [1.82, 2.24) is 5.32 Å². The molecule has 1 fully saturated rings. The zero-order valence-corrected chi connectivity index (χ0v) is 9.55. The smallest absolute Gasteiger partial charge is 0.117 e. The lowest BCUT2D eigenvalue weighted by molar-refractivity contribution is 0.127. The first-order chi connectivity index (χ1) is 6.85. The molecule has 0 aromatic carbocycles. The summed E-state index contributed by atoms with van der Waals surface area (Å²) in [6.45, 7) is 1.04. The third-order valence-electron chi connectivity index (χ3n) is 3.12. The second-order valence-electron chi connectivity index (χ2n) is 4.04. The Morgan fingerprint density at radius 3 is 2.73 bits per heavy atom. The van der Waals surface area contributed by atoms with Crippen LogP contribution in [0.2, 0.25) is 0 Å². The zero-order valence-electron chi connectivity index (χ0n) is 8.74. The highest BCUT2D eigenvalue weighted by Crippen LogP contribution is 2.34. The number of aliphatic hydroxyl groups excluding tert-OH is 1. The topological polar surface area (TPSA) is 45.4 Å². The van der Waals surface area contributed by atoms with Gasteiger partial charge in [-0.1, -0.05) is 0 Å². The predicted octanol–water partition coefficient (Wildman–Crippen LogP) is 2.10. The van der Waals surface area contributed by atoms with E-state index in [4.69, 9.17) is 9.52 Å². The van der Waals surface area contributed by atoms with Crippen LogP contribution in [0.4, 0.5) is 0 Å². The highest BCUT2D eigenvalue weighted by Gasteiger charge is 2.35. The van der Waals surface area contributed by atoms with E-state index in [9.17, 15) is 0 Å². The summed E-state index contributed by atoms with van der Waals surface area (Å²) in [6.07, 6.45) is 6.16. The Hall–Kier alpha value is -0.510. The first kappa shape index (κ1) is 12.6. The second kappa shape index (κ2) is 5.54. The molecule has 1 heterocycles. The van der Waals surface area contributed by atoms with Gasteiger partial charge >= 0.3 is 0 Å². The van der Waals surface area contributed by atoms with Crippen LogP contribution in [0.25, 0.3) is 0 Å². The summed E-state index contributed by atoms with van der Waals surface area (Å²) in [4.78, 5) is 0. The van der Waals surface area contributed by atoms with Crippen LogP contribution < -0.4 is 5.32 Å². The van der Waals surface area contributed by atoms with E-state index in [-0.39, 0.29) is 24.6 Å². The summed E-state index contributed by atoms with van der Waals surface area (Å²) in [5.74, 6) is 0.967. The minimum absolute atomic E-state index is 0. The average molecular weight is 232 g/mol. The fraction of sp³-hybridized carbons (Fsp3) is 0.636. The van der Waals surface area contributed by atoms with Gasteiger partial charge in [-0.05, 0) is 37.8 Å². The molecule has 15 heavy (non-hydrogen) atoms. The Balaban J connectivity index is 0.00000112. The third kappa shape index (κ3) is 2.97. The Kier molecular flexibility index (Phi) is 4.64. The molecule has 2 N–H and O–H groups in total. The second-order valence-corrected chi connectivity index (χ2v) is 4.04. The Morgan fingerprint density at radius 1 is 1.47 bits per heavy atom. The van der Waals surface area contributed by atoms with Crippen LogP contribution in [0.15, 0.2) is 22.8 Å². The van der Waals surface area contributed by atoms with Crippen molar-refractivity contribution >= 4 is 12.4 Å². The molecule has 4 heteroatoms. The van der Waals surface area contributed by atoms with Crippen molar-refractivity contribution in [2.24, 2.45) is 0 Å². The summed E-state index contributed by atoms with van der Waals surface area (Å²) < 4.78 is 5.25. The molecule has 1 aromatic rings. The highest BCUT2D eigenvalue weighted by molar-refractivity contribution is 5.85. The van der Waals surface area contributed by atoms with Gasteiger partial charge < -0.3 is 14.8 Å². The van der Waals surface area contributed by atoms with E-state index in [1.54, 1.807) is 6.26 Å². The molecule has 0 aliphatic heterocycles. The van der Waals surface area contributed by atoms with E-state index < -0.39 is 0 Å². The van der Waals surface area contributed by atoms with Crippen LogP contribution >= 0.6 is 12.4 Å². The standard InChI is InChI=1S/C11H17NO2.ClH/c13-7-6-11(4-2-5-11)12-9-10-3-1-8-14-10;/h1,3,8,12-13H,2,4-7,9H2;1H. The molecular weight excluding hydrogens is 214 g/mol. The molecule has 86 valence electrons. The van der Waals surface area contributed by atoms with Gasteiger partial charge in [0.2, 0.25) is 0 Å². The molecule has 0 saturated heterocycles. The summed E-state index contributed by atoms with van der Waals surface area (Å²) in [5, 5.41) is 12.4. The van der Waals surface area contributed by atoms with Crippen LogP contribution in [0, 0.1) is 0 Å². The van der Waals surface area contributed by atoms with Crippen molar-refractivity contribution in [1.29, 1.82) is 0 Å². The SMILES string of the molecule is Cl.OCCC1(NCc2ccco2)CCC1. The van der Waals surface area contributed by atoms with Gasteiger partial charge in [0.25, 0.3) is 0 Å². The van der Waals surface area contributed by atoms with E-state index >= 15 is 0 Å². The molecule has 1 aliphatic rings. The van der Waals surface area contributed by atoms with Crippen LogP contribution in [0.5, 0.6) is 0 Å². The largest absolute Gasteiger partial charge is 0.468 e. The number of aliphatic hydroxyl groups is 1. The maximum absolute atomic E-state index is 8.96. The number of furan rings is 1. The van der Waals surface area contributed by atoms with Crippen molar-refractivity contribution in [3.05, 3.63) is 24.2 Å². The average Bonchev–Trinajstić information content (AvgIpc) is 2.62. The van der Waals surface area contributed by atoms with Crippen molar-refractivity contribution in [2.45, 2.75) is 37.8 Å². The minimum Gasteiger partial charge on any atom is -0.468 e. The fourth-order valence-electron chi connectivity index (χ4n) is 2.02. The Bertz CT molecular complexity index is 270. The van der Waals surface area contributed by atoms with Crippen LogP contribution in [0.1, 0.15) is 31.4 Å². The first-order valence-corrected chi connectivity index (χ1v) is 5.23. The molecule has 1 aromatic heterocycles. The third-order valence-corrected chi connectivity index (χ3v) is 3.12. The van der Waals surface area contributed by atoms with Gasteiger partial charge in [-0.25, -0.2) is 0 Å². The van der Waals surface area contributed by atoms with Gasteiger partial charge in [-0.2, -0.15) is 0 Å². The molecule has 1 saturated carbocycles. The van der Waals surface area contributed by atoms with E-state index in [0.29, 0.717) is 0 Å². The maximum atomic E-state index is 8.96. The molecule has 0 spiro atoms. The van der Waals surface area contributed by atoms with Gasteiger partial charge in [0, 0.05) is 12.1 Å². The molecule has 1 aliphatic carbocycles. The van der Waals surface area contributed by atoms with Crippen molar-refractivity contribution < 1.29 is 9.52 Å². The number of hydrogen-bond acceptors (Lipinski definition) is 3. The zero-order chi connectivity index (χ0) is 9.86. The lowest BCUT2D eigenvalue weighted by Gasteiger charge is -2.42. The van der Waals surface area contributed by atoms with Crippen LogP contribution in [0.3, 0.4) is 0 Å². The van der Waals surface area contributed by atoms with E-state index in [2.05, 4.69) is 5.32 Å². The van der Waals surface area contributed by atoms with Crippen molar-refractivity contribution in [2.75, 3.05) is 6.61 Å². The molecule has 0 amide bonds. The fourth-order valence-corrected chi connectivity index (χ4v) is 2.02. The van der Waals surface area contributed by atoms with E-state index in [1.165, 1.54) is 19.3 Å². The number of nitrogens with one attached hydrogen (secondary N) is 1. The normalized spacial score (nSPS) is 17.9. The molecule has 2 rings (SSSR count). The van der Waals surface area contributed by atoms with Crippen molar-refractivity contribution in [3.8, 4) is 0 Å². The van der Waals surface area contributed by atoms with Gasteiger partial charge in [0.15, 0.2) is 0 Å². The van der Waals surface area contributed by atoms with Gasteiger partial charge in [-0.15, -0.1) is 12.4 Å². The first-order valence-electron chi connectivity index (χ1n) is 5.23. The Labute approximate surface area is 96.3 Å². The van der Waals surface area contributed by atoms with Crippen LogP contribution in [-0.2, 0) is 6.54 Å². The predicted molar refractivity (Wildman–Crippen MR) is 61.1 cm³/mol. The molecule has 3 nitrogen and oxygen atoms in total. The minimum atomic E-state index is 0. The summed E-state index contributed by atoms with van der Waals surface area (Å²) >= 11 is 0. The molecule has 0 unspecified atom stereocenters. The van der Waals surface area contributed by atoms with Gasteiger partial charge in [-0.3, -0.25) is 0 Å². The van der Waals surface area contributed by atoms with E-state index in [1.807, 2.05) is 12.1 Å². The Morgan fingerprint density at radius 2 is 2.27 bits per heavy atom. The lowest BCUT2D eigenvalue weighted by atomic mass is 9.74. The summed E-state index contributed by atoms with van der Waals surface area (Å²) in [6, 6.07) is 3.87. The highest BCUT2D eigenvalue weighted by atomic mass is 35.5. The van der Waals surface area contributed by atoms with E-state index in [0.717, 1.165) is 18.7 Å². The van der Waals surface area contributed by atoms with Gasteiger partial charge in [0.05, 0.1) is 12.8 Å². The van der Waals surface area contributed by atoms with Crippen molar-refractivity contribution in [3.63, 3.8) is 0 Å². The summed E-state index contributed by atoms with van der Waals surface area (Å²) in [5.41, 5.74) is 0.182. The number of rotatable bonds is 5. The maximum Gasteiger partial charge on any atom is 0.117 e. The molecule has 0 bridgehead atoms. The molecule has 0 atom stereocenters. The van der Waals surface area contributed by atoms with Gasteiger partial charge in [0.1, 0.15) is 5.76 Å². The molecule has 0 radical (unpaired) electrons. The quantitative estimate of drug-likeness (QED) is 0.816.